The molecule has 0 aromatic carbocycles. The second-order valence-electron chi connectivity index (χ2n) is 7.30. The molecule has 0 amide bonds. The van der Waals surface area contributed by atoms with Crippen LogP contribution in [-0.2, 0) is 23.8 Å². The van der Waals surface area contributed by atoms with Gasteiger partial charge in [-0.2, -0.15) is 0 Å². The van der Waals surface area contributed by atoms with Gasteiger partial charge in [-0.05, 0) is 32.3 Å². The van der Waals surface area contributed by atoms with E-state index in [1.165, 1.54) is 0 Å². The fourth-order valence-electron chi connectivity index (χ4n) is 3.62. The molecule has 0 bridgehead atoms. The quantitative estimate of drug-likeness (QED) is 0.362. The van der Waals surface area contributed by atoms with Gasteiger partial charge >= 0.3 is 11.9 Å². The Kier molecular flexibility index (Phi) is 4.60. The van der Waals surface area contributed by atoms with Gasteiger partial charge in [-0.1, -0.05) is 19.2 Å². The topological polar surface area (TPSA) is 85.4 Å². The Bertz CT molecular complexity index is 663. The molecule has 2 aliphatic heterocycles. The smallest absolute Gasteiger partial charge is 0.334 e. The predicted molar refractivity (Wildman–Crippen MR) is 89.5 cm³/mol. The van der Waals surface area contributed by atoms with Crippen molar-refractivity contribution < 1.29 is 28.9 Å². The van der Waals surface area contributed by atoms with Crippen LogP contribution in [0.1, 0.15) is 33.1 Å². The number of carbonyl (C=O) groups excluding carboxylic acids is 2. The summed E-state index contributed by atoms with van der Waals surface area (Å²) < 4.78 is 16.4. The molecule has 25 heavy (non-hydrogen) atoms. The van der Waals surface area contributed by atoms with E-state index in [2.05, 4.69) is 13.2 Å². The summed E-state index contributed by atoms with van der Waals surface area (Å²) in [6, 6.07) is 0. The minimum absolute atomic E-state index is 0.107. The van der Waals surface area contributed by atoms with Gasteiger partial charge in [0.2, 0.25) is 0 Å². The molecule has 2 fully saturated rings. The van der Waals surface area contributed by atoms with Crippen LogP contribution < -0.4 is 0 Å². The van der Waals surface area contributed by atoms with Crippen molar-refractivity contribution in [2.45, 2.75) is 57.0 Å². The number of hydrogen-bond acceptors (Lipinski definition) is 6. The van der Waals surface area contributed by atoms with Crippen LogP contribution in [0.2, 0.25) is 0 Å². The van der Waals surface area contributed by atoms with E-state index >= 15 is 0 Å². The molecule has 2 heterocycles. The Labute approximate surface area is 147 Å². The van der Waals surface area contributed by atoms with Crippen molar-refractivity contribution in [1.29, 1.82) is 0 Å². The van der Waals surface area contributed by atoms with Gasteiger partial charge in [-0.3, -0.25) is 0 Å². The first-order valence-corrected chi connectivity index (χ1v) is 8.49. The highest BCUT2D eigenvalue weighted by Gasteiger charge is 2.60. The number of fused-ring (bicyclic) bond motifs is 2. The first kappa shape index (κ1) is 17.9. The fourth-order valence-corrected chi connectivity index (χ4v) is 3.62. The Balaban J connectivity index is 1.80. The van der Waals surface area contributed by atoms with Crippen molar-refractivity contribution in [2.24, 2.45) is 5.92 Å². The zero-order valence-electron chi connectivity index (χ0n) is 14.6. The Morgan fingerprint density at radius 3 is 2.92 bits per heavy atom. The van der Waals surface area contributed by atoms with Crippen LogP contribution >= 0.6 is 0 Å². The molecule has 0 spiro atoms. The molecular formula is C19H24O6. The standard InChI is InChI=1S/C19H24O6/c1-10(2)17(21)23-9-12-6-5-7-19(4)16(25-19)15(20)14-11(3)18(22)24-13(14)8-12/h6,13-16,20H,1,3,5,7-9H2,2,4H3/b12-6-/t13-,14+,15-,16-,19-/m0/s1. The molecular weight excluding hydrogens is 324 g/mol. The molecule has 5 atom stereocenters. The van der Waals surface area contributed by atoms with Gasteiger partial charge in [0.05, 0.1) is 17.6 Å². The van der Waals surface area contributed by atoms with Crippen LogP contribution in [0.5, 0.6) is 0 Å². The lowest BCUT2D eigenvalue weighted by atomic mass is 9.82. The summed E-state index contributed by atoms with van der Waals surface area (Å²) in [5.74, 6) is -1.47. The van der Waals surface area contributed by atoms with Crippen molar-refractivity contribution in [3.8, 4) is 0 Å². The number of aliphatic hydroxyl groups excluding tert-OH is 1. The number of epoxide rings is 1. The third-order valence-electron chi connectivity index (χ3n) is 5.22. The Morgan fingerprint density at radius 1 is 1.52 bits per heavy atom. The highest BCUT2D eigenvalue weighted by molar-refractivity contribution is 5.91. The van der Waals surface area contributed by atoms with E-state index in [9.17, 15) is 14.7 Å². The third-order valence-corrected chi connectivity index (χ3v) is 5.22. The summed E-state index contributed by atoms with van der Waals surface area (Å²) in [4.78, 5) is 23.6. The number of carbonyl (C=O) groups is 2. The maximum absolute atomic E-state index is 12.0. The average Bonchev–Trinajstić information content (AvgIpc) is 3.14. The molecule has 0 unspecified atom stereocenters. The van der Waals surface area contributed by atoms with Crippen LogP contribution in [-0.4, -0.2) is 47.6 Å². The van der Waals surface area contributed by atoms with Crippen LogP contribution in [0.25, 0.3) is 0 Å². The number of ether oxygens (including phenoxy) is 3. The normalized spacial score (nSPS) is 39.4. The lowest BCUT2D eigenvalue weighted by Crippen LogP contribution is -2.36. The summed E-state index contributed by atoms with van der Waals surface area (Å²) in [5, 5.41) is 10.7. The van der Waals surface area contributed by atoms with E-state index in [-0.39, 0.29) is 18.3 Å². The second-order valence-corrected chi connectivity index (χ2v) is 7.30. The van der Waals surface area contributed by atoms with Gasteiger partial charge in [0.1, 0.15) is 18.8 Å². The van der Waals surface area contributed by atoms with E-state index in [0.29, 0.717) is 12.0 Å². The van der Waals surface area contributed by atoms with Crippen molar-refractivity contribution in [1.82, 2.24) is 0 Å². The lowest BCUT2D eigenvalue weighted by molar-refractivity contribution is -0.141. The molecule has 3 aliphatic rings. The maximum atomic E-state index is 12.0. The van der Waals surface area contributed by atoms with E-state index in [4.69, 9.17) is 14.2 Å². The summed E-state index contributed by atoms with van der Waals surface area (Å²) in [6.45, 7) is 11.0. The second kappa shape index (κ2) is 6.42. The molecule has 0 aromatic rings. The molecule has 1 N–H and O–H groups in total. The summed E-state index contributed by atoms with van der Waals surface area (Å²) in [5.41, 5.74) is 1.04. The van der Waals surface area contributed by atoms with Crippen LogP contribution in [0.3, 0.4) is 0 Å². The minimum Gasteiger partial charge on any atom is -0.458 e. The van der Waals surface area contributed by atoms with Gasteiger partial charge in [0.25, 0.3) is 0 Å². The molecule has 136 valence electrons. The van der Waals surface area contributed by atoms with E-state index in [1.807, 2.05) is 13.0 Å². The van der Waals surface area contributed by atoms with E-state index in [1.54, 1.807) is 6.92 Å². The highest BCUT2D eigenvalue weighted by Crippen LogP contribution is 2.48. The Hall–Kier alpha value is -1.92. The van der Waals surface area contributed by atoms with Gasteiger partial charge in [-0.25, -0.2) is 9.59 Å². The van der Waals surface area contributed by atoms with Gasteiger partial charge < -0.3 is 19.3 Å². The summed E-state index contributed by atoms with van der Waals surface area (Å²) >= 11 is 0. The van der Waals surface area contributed by atoms with Gasteiger partial charge in [0, 0.05) is 17.6 Å². The third kappa shape index (κ3) is 3.41. The number of rotatable bonds is 3. The van der Waals surface area contributed by atoms with Crippen molar-refractivity contribution >= 4 is 11.9 Å². The number of allylic oxidation sites excluding steroid dienone is 1. The van der Waals surface area contributed by atoms with Crippen LogP contribution in [0.15, 0.2) is 36.0 Å². The lowest BCUT2D eigenvalue weighted by Gasteiger charge is -2.24. The van der Waals surface area contributed by atoms with Crippen LogP contribution in [0.4, 0.5) is 0 Å². The SMILES string of the molecule is C=C(C)C(=O)OC/C1=C\CC[C@]2(C)O[C@H]2[C@@H](O)[C@@H]2C(=C)C(=O)O[C@H]2C1. The molecule has 0 aromatic heterocycles. The molecule has 2 saturated heterocycles. The number of esters is 2. The van der Waals surface area contributed by atoms with Crippen molar-refractivity contribution in [3.05, 3.63) is 36.0 Å². The van der Waals surface area contributed by atoms with E-state index < -0.39 is 35.7 Å². The number of hydrogen-bond donors (Lipinski definition) is 1. The molecule has 1 aliphatic carbocycles. The molecule has 0 radical (unpaired) electrons. The zero-order chi connectivity index (χ0) is 18.4. The zero-order valence-corrected chi connectivity index (χ0v) is 14.6. The fraction of sp³-hybridized carbons (Fsp3) is 0.579. The molecule has 0 saturated carbocycles. The summed E-state index contributed by atoms with van der Waals surface area (Å²) in [6.07, 6.45) is 2.17. The first-order chi connectivity index (χ1) is 11.7. The largest absolute Gasteiger partial charge is 0.458 e. The van der Waals surface area contributed by atoms with Crippen molar-refractivity contribution in [3.63, 3.8) is 0 Å². The maximum Gasteiger partial charge on any atom is 0.334 e. The molecule has 6 nitrogen and oxygen atoms in total. The first-order valence-electron chi connectivity index (χ1n) is 8.49. The number of aliphatic hydroxyl groups is 1. The average molecular weight is 348 g/mol. The van der Waals surface area contributed by atoms with Gasteiger partial charge in [0.15, 0.2) is 0 Å². The van der Waals surface area contributed by atoms with Crippen LogP contribution in [0, 0.1) is 5.92 Å². The molecule has 3 rings (SSSR count). The Morgan fingerprint density at radius 2 is 2.24 bits per heavy atom. The summed E-state index contributed by atoms with van der Waals surface area (Å²) in [7, 11) is 0. The van der Waals surface area contributed by atoms with E-state index in [0.717, 1.165) is 18.4 Å². The van der Waals surface area contributed by atoms with Crippen molar-refractivity contribution in [2.75, 3.05) is 6.61 Å². The minimum atomic E-state index is -0.841. The van der Waals surface area contributed by atoms with Gasteiger partial charge in [-0.15, -0.1) is 0 Å². The predicted octanol–water partition coefficient (Wildman–Crippen LogP) is 1.83. The molecule has 6 heteroatoms. The monoisotopic (exact) mass is 348 g/mol. The highest BCUT2D eigenvalue weighted by atomic mass is 16.6.